The van der Waals surface area contributed by atoms with Crippen molar-refractivity contribution in [3.63, 3.8) is 0 Å². The van der Waals surface area contributed by atoms with Gasteiger partial charge in [-0.25, -0.2) is 4.98 Å². The van der Waals surface area contributed by atoms with Crippen molar-refractivity contribution >= 4 is 23.2 Å². The molecular formula is C11H8ClF3N2O2. The van der Waals surface area contributed by atoms with Crippen molar-refractivity contribution in [3.8, 4) is 0 Å². The van der Waals surface area contributed by atoms with E-state index in [1.165, 1.54) is 10.6 Å². The first-order chi connectivity index (χ1) is 8.79. The number of carbonyl (C=O) groups is 1. The lowest BCUT2D eigenvalue weighted by molar-refractivity contribution is -0.138. The van der Waals surface area contributed by atoms with E-state index >= 15 is 0 Å². The number of nitrogens with zero attached hydrogens (tertiary/aromatic N) is 2. The van der Waals surface area contributed by atoms with E-state index in [1.54, 1.807) is 0 Å². The Morgan fingerprint density at radius 1 is 1.47 bits per heavy atom. The fourth-order valence-electron chi connectivity index (χ4n) is 1.67. The van der Waals surface area contributed by atoms with Gasteiger partial charge in [-0.1, -0.05) is 11.6 Å². The third-order valence-electron chi connectivity index (χ3n) is 2.56. The number of aromatic nitrogens is 2. The monoisotopic (exact) mass is 292 g/mol. The van der Waals surface area contributed by atoms with Crippen LogP contribution in [0.4, 0.5) is 13.2 Å². The number of aryl methyl sites for hydroxylation is 1. The summed E-state index contributed by atoms with van der Waals surface area (Å²) in [7, 11) is 0. The molecule has 102 valence electrons. The standard InChI is InChI=1S/C11H8ClF3N2O2/c12-8-3-6(11(13,14)15)5-17-7(1-2-9(18)19)4-16-10(8)17/h3-5H,1-2H2,(H,18,19). The van der Waals surface area contributed by atoms with Gasteiger partial charge in [-0.3, -0.25) is 4.79 Å². The molecule has 2 aromatic rings. The van der Waals surface area contributed by atoms with E-state index in [4.69, 9.17) is 16.7 Å². The van der Waals surface area contributed by atoms with E-state index in [-0.39, 0.29) is 23.5 Å². The molecule has 2 aromatic heterocycles. The number of aliphatic carboxylic acids is 1. The van der Waals surface area contributed by atoms with Crippen molar-refractivity contribution in [2.45, 2.75) is 19.0 Å². The Labute approximate surface area is 110 Å². The second kappa shape index (κ2) is 4.73. The van der Waals surface area contributed by atoms with Crippen molar-refractivity contribution in [2.24, 2.45) is 0 Å². The van der Waals surface area contributed by atoms with Crippen molar-refractivity contribution in [2.75, 3.05) is 0 Å². The second-order valence-corrected chi connectivity index (χ2v) is 4.32. The molecule has 0 fully saturated rings. The maximum atomic E-state index is 12.7. The number of carboxylic acids is 1. The summed E-state index contributed by atoms with van der Waals surface area (Å²) in [5.74, 6) is -1.03. The number of hydrogen-bond donors (Lipinski definition) is 1. The van der Waals surface area contributed by atoms with Crippen LogP contribution < -0.4 is 0 Å². The molecule has 0 unspecified atom stereocenters. The van der Waals surface area contributed by atoms with Gasteiger partial charge in [0.1, 0.15) is 0 Å². The molecule has 2 rings (SSSR count). The molecule has 0 bridgehead atoms. The molecule has 0 aliphatic heterocycles. The lowest BCUT2D eigenvalue weighted by Crippen LogP contribution is -2.08. The molecule has 19 heavy (non-hydrogen) atoms. The van der Waals surface area contributed by atoms with E-state index in [0.29, 0.717) is 5.69 Å². The Morgan fingerprint density at radius 2 is 2.16 bits per heavy atom. The first kappa shape index (κ1) is 13.7. The lowest BCUT2D eigenvalue weighted by Gasteiger charge is -2.09. The summed E-state index contributed by atoms with van der Waals surface area (Å²) in [6.45, 7) is 0. The highest BCUT2D eigenvalue weighted by atomic mass is 35.5. The lowest BCUT2D eigenvalue weighted by atomic mass is 10.2. The first-order valence-corrected chi connectivity index (χ1v) is 5.61. The number of carboxylic acid groups (broad SMARTS) is 1. The summed E-state index contributed by atoms with van der Waals surface area (Å²) in [5, 5.41) is 8.46. The van der Waals surface area contributed by atoms with E-state index in [2.05, 4.69) is 4.98 Å². The van der Waals surface area contributed by atoms with Gasteiger partial charge in [-0.2, -0.15) is 13.2 Å². The molecule has 0 aliphatic rings. The molecular weight excluding hydrogens is 285 g/mol. The molecule has 0 spiro atoms. The normalized spacial score (nSPS) is 12.0. The number of fused-ring (bicyclic) bond motifs is 1. The fourth-order valence-corrected chi connectivity index (χ4v) is 1.93. The number of pyridine rings is 1. The van der Waals surface area contributed by atoms with Gasteiger partial charge < -0.3 is 9.51 Å². The van der Waals surface area contributed by atoms with Gasteiger partial charge in [0.2, 0.25) is 0 Å². The van der Waals surface area contributed by atoms with Gasteiger partial charge in [0.25, 0.3) is 0 Å². The van der Waals surface area contributed by atoms with Crippen LogP contribution in [-0.4, -0.2) is 20.5 Å². The zero-order valence-corrected chi connectivity index (χ0v) is 10.2. The predicted octanol–water partition coefficient (Wildman–Crippen LogP) is 3.02. The van der Waals surface area contributed by atoms with Crippen LogP contribution in [0, 0.1) is 0 Å². The third kappa shape index (κ3) is 2.81. The summed E-state index contributed by atoms with van der Waals surface area (Å²) in [6, 6.07) is 0.796. The summed E-state index contributed by atoms with van der Waals surface area (Å²) >= 11 is 5.74. The molecule has 0 amide bonds. The zero-order chi connectivity index (χ0) is 14.2. The summed E-state index contributed by atoms with van der Waals surface area (Å²) in [6.07, 6.45) is -2.45. The summed E-state index contributed by atoms with van der Waals surface area (Å²) < 4.78 is 39.2. The Kier molecular flexibility index (Phi) is 3.40. The van der Waals surface area contributed by atoms with Gasteiger partial charge in [0.15, 0.2) is 5.65 Å². The van der Waals surface area contributed by atoms with Crippen LogP contribution in [0.5, 0.6) is 0 Å². The van der Waals surface area contributed by atoms with Crippen molar-refractivity contribution in [3.05, 3.63) is 34.7 Å². The summed E-state index contributed by atoms with van der Waals surface area (Å²) in [4.78, 5) is 14.4. The number of rotatable bonds is 3. The minimum absolute atomic E-state index is 0.0775. The third-order valence-corrected chi connectivity index (χ3v) is 2.84. The maximum absolute atomic E-state index is 12.7. The van der Waals surface area contributed by atoms with Crippen LogP contribution in [-0.2, 0) is 17.4 Å². The minimum atomic E-state index is -4.52. The maximum Gasteiger partial charge on any atom is 0.417 e. The van der Waals surface area contributed by atoms with Crippen molar-refractivity contribution in [1.82, 2.24) is 9.38 Å². The molecule has 0 saturated heterocycles. The Morgan fingerprint density at radius 3 is 2.74 bits per heavy atom. The topological polar surface area (TPSA) is 54.6 Å². The highest BCUT2D eigenvalue weighted by Gasteiger charge is 2.32. The largest absolute Gasteiger partial charge is 0.481 e. The number of imidazole rings is 1. The number of alkyl halides is 3. The van der Waals surface area contributed by atoms with Crippen LogP contribution in [0.1, 0.15) is 17.7 Å². The van der Waals surface area contributed by atoms with E-state index in [9.17, 15) is 18.0 Å². The smallest absolute Gasteiger partial charge is 0.417 e. The zero-order valence-electron chi connectivity index (χ0n) is 9.41. The van der Waals surface area contributed by atoms with E-state index in [0.717, 1.165) is 12.3 Å². The molecule has 4 nitrogen and oxygen atoms in total. The van der Waals surface area contributed by atoms with Gasteiger partial charge in [-0.05, 0) is 6.07 Å². The molecule has 0 aliphatic carbocycles. The molecule has 0 radical (unpaired) electrons. The van der Waals surface area contributed by atoms with Gasteiger partial charge in [-0.15, -0.1) is 0 Å². The minimum Gasteiger partial charge on any atom is -0.481 e. The van der Waals surface area contributed by atoms with Crippen LogP contribution in [0.15, 0.2) is 18.5 Å². The Hall–Kier alpha value is -1.76. The van der Waals surface area contributed by atoms with Crippen LogP contribution in [0.25, 0.3) is 5.65 Å². The van der Waals surface area contributed by atoms with Crippen LogP contribution in [0.3, 0.4) is 0 Å². The quantitative estimate of drug-likeness (QED) is 0.946. The van der Waals surface area contributed by atoms with Crippen molar-refractivity contribution in [1.29, 1.82) is 0 Å². The molecule has 0 aromatic carbocycles. The Balaban J connectivity index is 2.50. The van der Waals surface area contributed by atoms with E-state index in [1.807, 2.05) is 0 Å². The molecule has 0 atom stereocenters. The molecule has 8 heteroatoms. The SMILES string of the molecule is O=C(O)CCc1cnc2c(Cl)cc(C(F)(F)F)cn12. The van der Waals surface area contributed by atoms with E-state index < -0.39 is 17.7 Å². The highest BCUT2D eigenvalue weighted by molar-refractivity contribution is 6.33. The van der Waals surface area contributed by atoms with Crippen LogP contribution in [0.2, 0.25) is 5.02 Å². The van der Waals surface area contributed by atoms with Gasteiger partial charge >= 0.3 is 12.1 Å². The molecule has 2 heterocycles. The molecule has 1 N–H and O–H groups in total. The Bertz CT molecular complexity index is 637. The summed E-state index contributed by atoms with van der Waals surface area (Å²) in [5.41, 5.74) is -0.361. The number of halogens is 4. The molecule has 0 saturated carbocycles. The van der Waals surface area contributed by atoms with Crippen molar-refractivity contribution < 1.29 is 23.1 Å². The fraction of sp³-hybridized carbons (Fsp3) is 0.273. The highest BCUT2D eigenvalue weighted by Crippen LogP contribution is 2.32. The average Bonchev–Trinajstić information content (AvgIpc) is 2.68. The average molecular weight is 293 g/mol. The van der Waals surface area contributed by atoms with Gasteiger partial charge in [0, 0.05) is 24.5 Å². The predicted molar refractivity (Wildman–Crippen MR) is 61.2 cm³/mol. The first-order valence-electron chi connectivity index (χ1n) is 5.23. The van der Waals surface area contributed by atoms with Gasteiger partial charge in [0.05, 0.1) is 17.0 Å². The number of hydrogen-bond acceptors (Lipinski definition) is 2. The second-order valence-electron chi connectivity index (χ2n) is 3.91. The van der Waals surface area contributed by atoms with Crippen LogP contribution >= 0.6 is 11.6 Å².